The summed E-state index contributed by atoms with van der Waals surface area (Å²) in [6.45, 7) is 6.08. The fourth-order valence-corrected chi connectivity index (χ4v) is 2.21. The highest BCUT2D eigenvalue weighted by atomic mass is 16.5. The van der Waals surface area contributed by atoms with Crippen LogP contribution in [-0.4, -0.2) is 37.0 Å². The van der Waals surface area contributed by atoms with Crippen molar-refractivity contribution < 1.29 is 23.5 Å². The van der Waals surface area contributed by atoms with Crippen LogP contribution in [0.5, 0.6) is 0 Å². The van der Waals surface area contributed by atoms with Gasteiger partial charge in [0.05, 0.1) is 12.7 Å². The zero-order chi connectivity index (χ0) is 18.7. The van der Waals surface area contributed by atoms with Gasteiger partial charge in [0, 0.05) is 12.6 Å². The van der Waals surface area contributed by atoms with E-state index in [2.05, 4.69) is 24.5 Å². The molecule has 0 aliphatic rings. The number of nitrogens with one attached hydrogen (secondary N) is 2. The van der Waals surface area contributed by atoms with Crippen molar-refractivity contribution in [1.29, 1.82) is 0 Å². The van der Waals surface area contributed by atoms with Gasteiger partial charge in [0.1, 0.15) is 0 Å². The van der Waals surface area contributed by atoms with Crippen LogP contribution in [0.3, 0.4) is 0 Å². The van der Waals surface area contributed by atoms with Crippen molar-refractivity contribution >= 4 is 17.8 Å². The van der Waals surface area contributed by atoms with Gasteiger partial charge in [0.25, 0.3) is 11.8 Å². The summed E-state index contributed by atoms with van der Waals surface area (Å²) in [7, 11) is 0. The van der Waals surface area contributed by atoms with Gasteiger partial charge >= 0.3 is 5.97 Å². The molecule has 7 heteroatoms. The Hall–Kier alpha value is -2.31. The second-order valence-corrected chi connectivity index (χ2v) is 6.44. The van der Waals surface area contributed by atoms with Crippen molar-refractivity contribution in [3.05, 3.63) is 24.2 Å². The topological polar surface area (TPSA) is 97.6 Å². The summed E-state index contributed by atoms with van der Waals surface area (Å²) in [5, 5.41) is 5.34. The minimum Gasteiger partial charge on any atom is -0.459 e. The Morgan fingerprint density at radius 3 is 2.60 bits per heavy atom. The van der Waals surface area contributed by atoms with Crippen molar-refractivity contribution in [3.63, 3.8) is 0 Å². The highest BCUT2D eigenvalue weighted by molar-refractivity contribution is 5.91. The van der Waals surface area contributed by atoms with E-state index >= 15 is 0 Å². The van der Waals surface area contributed by atoms with Gasteiger partial charge in [-0.25, -0.2) is 0 Å². The lowest BCUT2D eigenvalue weighted by Gasteiger charge is -2.14. The Balaban J connectivity index is 2.10. The number of furan rings is 1. The molecule has 0 aromatic carbocycles. The van der Waals surface area contributed by atoms with E-state index in [4.69, 9.17) is 9.15 Å². The van der Waals surface area contributed by atoms with E-state index in [1.165, 1.54) is 12.3 Å². The zero-order valence-electron chi connectivity index (χ0n) is 15.2. The lowest BCUT2D eigenvalue weighted by molar-refractivity contribution is -0.148. The van der Waals surface area contributed by atoms with Crippen LogP contribution in [0.15, 0.2) is 22.8 Å². The van der Waals surface area contributed by atoms with Crippen molar-refractivity contribution in [3.8, 4) is 0 Å². The van der Waals surface area contributed by atoms with E-state index in [-0.39, 0.29) is 37.3 Å². The number of esters is 1. The molecular formula is C18H28N2O5. The number of carbonyl (C=O) groups is 3. The quantitative estimate of drug-likeness (QED) is 0.595. The Labute approximate surface area is 148 Å². The largest absolute Gasteiger partial charge is 0.459 e. The first-order chi connectivity index (χ1) is 11.9. The van der Waals surface area contributed by atoms with E-state index in [0.29, 0.717) is 5.92 Å². The van der Waals surface area contributed by atoms with Gasteiger partial charge in [-0.1, -0.05) is 26.7 Å². The molecule has 1 rings (SSSR count). The summed E-state index contributed by atoms with van der Waals surface area (Å²) in [4.78, 5) is 34.9. The van der Waals surface area contributed by atoms with Crippen LogP contribution in [0.2, 0.25) is 0 Å². The van der Waals surface area contributed by atoms with Gasteiger partial charge in [-0.15, -0.1) is 0 Å². The number of amides is 2. The normalized spacial score (nSPS) is 11.8. The summed E-state index contributed by atoms with van der Waals surface area (Å²) >= 11 is 0. The minimum absolute atomic E-state index is 0.0102. The van der Waals surface area contributed by atoms with E-state index < -0.39 is 11.9 Å². The molecule has 0 saturated heterocycles. The summed E-state index contributed by atoms with van der Waals surface area (Å²) in [6, 6.07) is 3.18. The maximum atomic E-state index is 11.7. The summed E-state index contributed by atoms with van der Waals surface area (Å²) in [6.07, 6.45) is 4.46. The lowest BCUT2D eigenvalue weighted by atomic mass is 10.0. The fraction of sp³-hybridized carbons (Fsp3) is 0.611. The predicted octanol–water partition coefficient (Wildman–Crippen LogP) is 2.27. The van der Waals surface area contributed by atoms with E-state index in [1.807, 2.05) is 6.92 Å². The number of rotatable bonds is 11. The van der Waals surface area contributed by atoms with Gasteiger partial charge in [-0.2, -0.15) is 0 Å². The SMILES string of the molecule is CC(C)CCCC(C)NC(=O)COC(=O)CCNC(=O)c1ccco1. The molecule has 7 nitrogen and oxygen atoms in total. The van der Waals surface area contributed by atoms with Crippen LogP contribution in [0.4, 0.5) is 0 Å². The first-order valence-corrected chi connectivity index (χ1v) is 8.65. The van der Waals surface area contributed by atoms with Gasteiger partial charge in [0.2, 0.25) is 0 Å². The molecule has 0 radical (unpaired) electrons. The van der Waals surface area contributed by atoms with E-state index in [9.17, 15) is 14.4 Å². The third kappa shape index (κ3) is 9.54. The zero-order valence-corrected chi connectivity index (χ0v) is 15.2. The fourth-order valence-electron chi connectivity index (χ4n) is 2.21. The first kappa shape index (κ1) is 20.7. The molecule has 1 heterocycles. The standard InChI is InChI=1S/C18H28N2O5/c1-13(2)6-4-7-14(3)20-16(21)12-25-17(22)9-10-19-18(23)15-8-5-11-24-15/h5,8,11,13-14H,4,6-7,9-10,12H2,1-3H3,(H,19,23)(H,20,21). The molecule has 2 amide bonds. The third-order valence-electron chi connectivity index (χ3n) is 3.55. The average molecular weight is 352 g/mol. The maximum absolute atomic E-state index is 11.7. The van der Waals surface area contributed by atoms with Gasteiger partial charge < -0.3 is 19.8 Å². The number of hydrogen-bond donors (Lipinski definition) is 2. The molecule has 0 saturated carbocycles. The average Bonchev–Trinajstić information content (AvgIpc) is 3.07. The molecule has 1 unspecified atom stereocenters. The van der Waals surface area contributed by atoms with Crippen molar-refractivity contribution in [2.45, 2.75) is 52.5 Å². The molecule has 0 spiro atoms. The van der Waals surface area contributed by atoms with Crippen molar-refractivity contribution in [2.24, 2.45) is 5.92 Å². The second kappa shape index (κ2) is 11.3. The smallest absolute Gasteiger partial charge is 0.308 e. The lowest BCUT2D eigenvalue weighted by Crippen LogP contribution is -2.36. The molecule has 0 fully saturated rings. The summed E-state index contributed by atoms with van der Waals surface area (Å²) in [5.41, 5.74) is 0. The Morgan fingerprint density at radius 1 is 1.20 bits per heavy atom. The molecule has 1 aromatic heterocycles. The summed E-state index contributed by atoms with van der Waals surface area (Å²) < 4.78 is 9.82. The minimum atomic E-state index is -0.539. The Morgan fingerprint density at radius 2 is 1.96 bits per heavy atom. The van der Waals surface area contributed by atoms with Crippen LogP contribution < -0.4 is 10.6 Å². The molecule has 0 aliphatic heterocycles. The van der Waals surface area contributed by atoms with Crippen LogP contribution in [-0.2, 0) is 14.3 Å². The second-order valence-electron chi connectivity index (χ2n) is 6.44. The molecule has 0 aliphatic carbocycles. The van der Waals surface area contributed by atoms with Gasteiger partial charge in [-0.05, 0) is 31.4 Å². The summed E-state index contributed by atoms with van der Waals surface area (Å²) in [5.74, 6) is -0.422. The number of carbonyl (C=O) groups excluding carboxylic acids is 3. The first-order valence-electron chi connectivity index (χ1n) is 8.65. The maximum Gasteiger partial charge on any atom is 0.308 e. The molecular weight excluding hydrogens is 324 g/mol. The van der Waals surface area contributed by atoms with Crippen molar-refractivity contribution in [1.82, 2.24) is 10.6 Å². The molecule has 1 atom stereocenters. The Bertz CT molecular complexity index is 540. The van der Waals surface area contributed by atoms with Crippen molar-refractivity contribution in [2.75, 3.05) is 13.2 Å². The third-order valence-corrected chi connectivity index (χ3v) is 3.55. The Kier molecular flexibility index (Phi) is 9.36. The molecule has 2 N–H and O–H groups in total. The molecule has 25 heavy (non-hydrogen) atoms. The van der Waals surface area contributed by atoms with Crippen LogP contribution in [0.1, 0.15) is 57.0 Å². The highest BCUT2D eigenvalue weighted by Crippen LogP contribution is 2.08. The molecule has 140 valence electrons. The van der Waals surface area contributed by atoms with Gasteiger partial charge in [-0.3, -0.25) is 14.4 Å². The van der Waals surface area contributed by atoms with E-state index in [0.717, 1.165) is 19.3 Å². The van der Waals surface area contributed by atoms with Gasteiger partial charge in [0.15, 0.2) is 12.4 Å². The van der Waals surface area contributed by atoms with Crippen LogP contribution >= 0.6 is 0 Å². The van der Waals surface area contributed by atoms with E-state index in [1.54, 1.807) is 6.07 Å². The number of ether oxygens (including phenoxy) is 1. The molecule has 0 bridgehead atoms. The highest BCUT2D eigenvalue weighted by Gasteiger charge is 2.12. The monoisotopic (exact) mass is 352 g/mol. The molecule has 1 aromatic rings. The van der Waals surface area contributed by atoms with Crippen LogP contribution in [0, 0.1) is 5.92 Å². The predicted molar refractivity (Wildman–Crippen MR) is 92.9 cm³/mol. The van der Waals surface area contributed by atoms with Crippen LogP contribution in [0.25, 0.3) is 0 Å². The number of hydrogen-bond acceptors (Lipinski definition) is 5.